The van der Waals surface area contributed by atoms with Gasteiger partial charge in [0.2, 0.25) is 0 Å². The Morgan fingerprint density at radius 1 is 1.21 bits per heavy atom. The van der Waals surface area contributed by atoms with Crippen LogP contribution in [0.5, 0.6) is 11.5 Å². The summed E-state index contributed by atoms with van der Waals surface area (Å²) in [6.45, 7) is 2.36. The lowest BCUT2D eigenvalue weighted by atomic mass is 10.1. The Hall–Kier alpha value is -3.98. The minimum absolute atomic E-state index is 0.227. The second kappa shape index (κ2) is 10.3. The molecule has 2 aromatic carbocycles. The summed E-state index contributed by atoms with van der Waals surface area (Å²) in [6.07, 6.45) is 4.58. The second-order valence-electron chi connectivity index (χ2n) is 7.46. The number of nitrogens with zero attached hydrogens (tertiary/aromatic N) is 3. The van der Waals surface area contributed by atoms with Crippen LogP contribution in [-0.4, -0.2) is 25.9 Å². The minimum atomic E-state index is -0.871. The molecule has 0 aliphatic carbocycles. The zero-order valence-electron chi connectivity index (χ0n) is 18.1. The molecule has 9 heteroatoms. The van der Waals surface area contributed by atoms with E-state index >= 15 is 0 Å². The average Bonchev–Trinajstić information content (AvgIpc) is 3.25. The van der Waals surface area contributed by atoms with Gasteiger partial charge in [-0.2, -0.15) is 0 Å². The number of hydrogen-bond acceptors (Lipinski definition) is 7. The maximum Gasteiger partial charge on any atom is 0.351 e. The van der Waals surface area contributed by atoms with Crippen LogP contribution in [0.2, 0.25) is 0 Å². The van der Waals surface area contributed by atoms with E-state index in [2.05, 4.69) is 26.2 Å². The van der Waals surface area contributed by atoms with Crippen LogP contribution in [0.3, 0.4) is 0 Å². The van der Waals surface area contributed by atoms with Crippen molar-refractivity contribution >= 4 is 27.8 Å². The highest BCUT2D eigenvalue weighted by Crippen LogP contribution is 2.19. The second-order valence-corrected chi connectivity index (χ2v) is 8.31. The number of benzene rings is 2. The van der Waals surface area contributed by atoms with Gasteiger partial charge in [0.1, 0.15) is 35.1 Å². The van der Waals surface area contributed by atoms with Crippen LogP contribution in [0.1, 0.15) is 32.9 Å². The number of ketones is 1. The van der Waals surface area contributed by atoms with Gasteiger partial charge in [-0.3, -0.25) is 4.79 Å². The molecule has 0 amide bonds. The number of ether oxygens (including phenoxy) is 1. The molecule has 0 saturated carbocycles. The molecule has 2 heterocycles. The fourth-order valence-electron chi connectivity index (χ4n) is 3.19. The summed E-state index contributed by atoms with van der Waals surface area (Å²) in [5.74, 6) is -0.191. The monoisotopic (exact) mass is 521 g/mol. The molecule has 2 aromatic heterocycles. The number of allylic oxidation sites excluding steroid dienone is 1. The van der Waals surface area contributed by atoms with Crippen LogP contribution >= 0.6 is 15.9 Å². The molecule has 0 saturated heterocycles. The Bertz CT molecular complexity index is 1410. The summed E-state index contributed by atoms with van der Waals surface area (Å²) < 4.78 is 13.4. The standard InChI is InChI=1S/C25H20BrN3O5/c1-16-12-23(31)24(25(32)34-16)22(30)11-8-17-6-9-20(10-7-17)33-15-19-14-29(28-27-19)13-18-4-2-3-5-21(18)26/h2-12,14,31H,13,15H2,1H3/b11-8+. The van der Waals surface area contributed by atoms with Gasteiger partial charge in [-0.05, 0) is 42.3 Å². The van der Waals surface area contributed by atoms with Crippen molar-refractivity contribution in [2.24, 2.45) is 0 Å². The van der Waals surface area contributed by atoms with Crippen LogP contribution in [0.25, 0.3) is 6.08 Å². The summed E-state index contributed by atoms with van der Waals surface area (Å²) in [6, 6.07) is 16.2. The predicted molar refractivity (Wildman–Crippen MR) is 129 cm³/mol. The van der Waals surface area contributed by atoms with E-state index in [4.69, 9.17) is 9.15 Å². The number of rotatable bonds is 8. The number of hydrogen-bond donors (Lipinski definition) is 1. The lowest BCUT2D eigenvalue weighted by Crippen LogP contribution is -2.12. The fraction of sp³-hybridized carbons (Fsp3) is 0.120. The molecule has 8 nitrogen and oxygen atoms in total. The topological polar surface area (TPSA) is 107 Å². The van der Waals surface area contributed by atoms with Crippen molar-refractivity contribution in [3.63, 3.8) is 0 Å². The Labute approximate surface area is 203 Å². The molecule has 0 aliphatic heterocycles. The van der Waals surface area contributed by atoms with E-state index in [0.717, 1.165) is 15.6 Å². The maximum absolute atomic E-state index is 12.3. The zero-order chi connectivity index (χ0) is 24.1. The molecule has 0 fully saturated rings. The van der Waals surface area contributed by atoms with Crippen LogP contribution in [0, 0.1) is 6.92 Å². The van der Waals surface area contributed by atoms with Gasteiger partial charge in [-0.1, -0.05) is 57.6 Å². The number of aryl methyl sites for hydroxylation is 1. The molecule has 4 aromatic rings. The number of carbonyl (C=O) groups is 1. The van der Waals surface area contributed by atoms with Crippen molar-refractivity contribution in [3.8, 4) is 11.5 Å². The van der Waals surface area contributed by atoms with Crippen molar-refractivity contribution in [1.29, 1.82) is 0 Å². The smallest absolute Gasteiger partial charge is 0.351 e. The highest BCUT2D eigenvalue weighted by atomic mass is 79.9. The van der Waals surface area contributed by atoms with Crippen molar-refractivity contribution in [3.05, 3.63) is 110 Å². The molecular weight excluding hydrogens is 502 g/mol. The van der Waals surface area contributed by atoms with E-state index in [9.17, 15) is 14.7 Å². The molecule has 0 aliphatic rings. The molecule has 1 N–H and O–H groups in total. The van der Waals surface area contributed by atoms with Gasteiger partial charge in [0.05, 0.1) is 12.7 Å². The Morgan fingerprint density at radius 2 is 1.97 bits per heavy atom. The van der Waals surface area contributed by atoms with Crippen molar-refractivity contribution < 1.29 is 19.1 Å². The third-order valence-corrected chi connectivity index (χ3v) is 5.64. The van der Waals surface area contributed by atoms with E-state index in [0.29, 0.717) is 18.0 Å². The summed E-state index contributed by atoms with van der Waals surface area (Å²) in [7, 11) is 0. The SMILES string of the molecule is Cc1cc(O)c(C(=O)/C=C/c2ccc(OCc3cn(Cc4ccccc4Br)nn3)cc2)c(=O)o1. The van der Waals surface area contributed by atoms with Crippen molar-refractivity contribution in [2.45, 2.75) is 20.1 Å². The molecule has 0 spiro atoms. The predicted octanol–water partition coefficient (Wildman–Crippen LogP) is 4.53. The van der Waals surface area contributed by atoms with Gasteiger partial charge in [0.15, 0.2) is 5.78 Å². The molecule has 4 rings (SSSR count). The van der Waals surface area contributed by atoms with E-state index in [1.165, 1.54) is 25.1 Å². The van der Waals surface area contributed by atoms with Crippen molar-refractivity contribution in [2.75, 3.05) is 0 Å². The van der Waals surface area contributed by atoms with Crippen LogP contribution in [0.4, 0.5) is 0 Å². The largest absolute Gasteiger partial charge is 0.507 e. The first-order valence-electron chi connectivity index (χ1n) is 10.3. The Morgan fingerprint density at radius 3 is 2.71 bits per heavy atom. The quantitative estimate of drug-likeness (QED) is 0.268. The molecule has 0 bridgehead atoms. The fourth-order valence-corrected chi connectivity index (χ4v) is 3.60. The minimum Gasteiger partial charge on any atom is -0.507 e. The van der Waals surface area contributed by atoms with E-state index in [1.54, 1.807) is 28.9 Å². The lowest BCUT2D eigenvalue weighted by Gasteiger charge is -2.04. The highest BCUT2D eigenvalue weighted by Gasteiger charge is 2.15. The van der Waals surface area contributed by atoms with Gasteiger partial charge in [0.25, 0.3) is 0 Å². The van der Waals surface area contributed by atoms with E-state index in [-0.39, 0.29) is 12.4 Å². The summed E-state index contributed by atoms with van der Waals surface area (Å²) in [5.41, 5.74) is 1.24. The molecule has 0 radical (unpaired) electrons. The van der Waals surface area contributed by atoms with Crippen LogP contribution in [-0.2, 0) is 13.2 Å². The van der Waals surface area contributed by atoms with E-state index in [1.807, 2.05) is 30.5 Å². The van der Waals surface area contributed by atoms with Gasteiger partial charge in [-0.25, -0.2) is 9.48 Å². The maximum atomic E-state index is 12.3. The van der Waals surface area contributed by atoms with Gasteiger partial charge < -0.3 is 14.3 Å². The van der Waals surface area contributed by atoms with Gasteiger partial charge in [-0.15, -0.1) is 5.10 Å². The number of halogens is 1. The third-order valence-electron chi connectivity index (χ3n) is 4.87. The number of carbonyl (C=O) groups excluding carboxylic acids is 1. The first-order valence-corrected chi connectivity index (χ1v) is 11.1. The average molecular weight is 522 g/mol. The van der Waals surface area contributed by atoms with E-state index < -0.39 is 22.7 Å². The first kappa shape index (κ1) is 23.2. The summed E-state index contributed by atoms with van der Waals surface area (Å²) in [5, 5.41) is 18.2. The normalized spacial score (nSPS) is 11.1. The van der Waals surface area contributed by atoms with Crippen molar-refractivity contribution in [1.82, 2.24) is 15.0 Å². The lowest BCUT2D eigenvalue weighted by molar-refractivity contribution is 0.104. The zero-order valence-corrected chi connectivity index (χ0v) is 19.7. The Kier molecular flexibility index (Phi) is 7.03. The van der Waals surface area contributed by atoms with Gasteiger partial charge >= 0.3 is 5.63 Å². The third kappa shape index (κ3) is 5.68. The molecule has 0 atom stereocenters. The molecular formula is C25H20BrN3O5. The molecule has 34 heavy (non-hydrogen) atoms. The number of aromatic hydroxyl groups is 1. The van der Waals surface area contributed by atoms with Crippen LogP contribution < -0.4 is 10.4 Å². The van der Waals surface area contributed by atoms with Gasteiger partial charge in [0, 0.05) is 10.5 Å². The summed E-state index contributed by atoms with van der Waals surface area (Å²) in [4.78, 5) is 24.1. The highest BCUT2D eigenvalue weighted by molar-refractivity contribution is 9.10. The molecule has 172 valence electrons. The first-order chi connectivity index (χ1) is 16.4. The summed E-state index contributed by atoms with van der Waals surface area (Å²) >= 11 is 3.53. The molecule has 0 unspecified atom stereocenters. The van der Waals surface area contributed by atoms with Crippen LogP contribution in [0.15, 0.2) is 80.6 Å². The Balaban J connectivity index is 1.34. The number of aromatic nitrogens is 3.